The first-order valence-electron chi connectivity index (χ1n) is 16.3. The number of carbonyl (C=O) groups excluding carboxylic acids is 2. The molecule has 3 heterocycles. The first kappa shape index (κ1) is 37.6. The summed E-state index contributed by atoms with van der Waals surface area (Å²) in [7, 11) is 6.78. The molecular weight excluding hydrogens is 697 g/mol. The van der Waals surface area contributed by atoms with Crippen LogP contribution in [-0.4, -0.2) is 91.4 Å². The Balaban J connectivity index is 1.52. The Morgan fingerprint density at radius 2 is 1.78 bits per heavy atom. The standard InChI is InChI=1S/C36H41Cl2N7O6/c1-21(46)40-26-13-16-51-20-27(26)42-36-39-19-23-17-25(31-32(37)28(49-4)18-29(50-5)33(31)38)35(48)45(34(23)43-36)15-12-22-8-10-24(11-9-22)41-30(47)7-6-14-44(2)3/h6-11,17-19,26-27H,12-16,20H2,1-5H3,(H,40,46)(H,41,47)(H,39,42,43)/b7-6+/t26-,27+/m0/s1. The van der Waals surface area contributed by atoms with Crippen molar-refractivity contribution in [3.8, 4) is 22.6 Å². The summed E-state index contributed by atoms with van der Waals surface area (Å²) in [5, 5.41) is 9.98. The lowest BCUT2D eigenvalue weighted by molar-refractivity contribution is -0.120. The van der Waals surface area contributed by atoms with Crippen LogP contribution in [0.15, 0.2) is 59.5 Å². The van der Waals surface area contributed by atoms with Gasteiger partial charge in [0.05, 0.1) is 48.5 Å². The summed E-state index contributed by atoms with van der Waals surface area (Å²) in [6.07, 6.45) is 5.98. The fourth-order valence-corrected chi connectivity index (χ4v) is 6.47. The second kappa shape index (κ2) is 17.0. The SMILES string of the molecule is COc1cc(OC)c(Cl)c(-c2cc3cnc(N[C@@H]4COCC[C@@H]4NC(C)=O)nc3n(CCc3ccc(NC(=O)/C=C/CN(C)C)cc3)c2=O)c1Cl. The van der Waals surface area contributed by atoms with E-state index in [4.69, 9.17) is 42.4 Å². The first-order chi connectivity index (χ1) is 24.5. The van der Waals surface area contributed by atoms with Crippen LogP contribution in [0.2, 0.25) is 10.0 Å². The van der Waals surface area contributed by atoms with Gasteiger partial charge in [-0.2, -0.15) is 4.98 Å². The minimum atomic E-state index is -0.392. The molecule has 4 aromatic rings. The largest absolute Gasteiger partial charge is 0.495 e. The number of aryl methyl sites for hydroxylation is 2. The van der Waals surface area contributed by atoms with Gasteiger partial charge in [0.2, 0.25) is 17.8 Å². The van der Waals surface area contributed by atoms with E-state index in [1.54, 1.807) is 29.0 Å². The third-order valence-corrected chi connectivity index (χ3v) is 9.07. The van der Waals surface area contributed by atoms with E-state index in [2.05, 4.69) is 20.9 Å². The van der Waals surface area contributed by atoms with Gasteiger partial charge in [0.25, 0.3) is 5.56 Å². The van der Waals surface area contributed by atoms with Gasteiger partial charge in [0, 0.05) is 61.6 Å². The van der Waals surface area contributed by atoms with Crippen LogP contribution >= 0.6 is 23.2 Å². The number of nitrogens with zero attached hydrogens (tertiary/aromatic N) is 4. The van der Waals surface area contributed by atoms with Crippen LogP contribution in [0.4, 0.5) is 11.6 Å². The van der Waals surface area contributed by atoms with Crippen LogP contribution in [0.5, 0.6) is 11.5 Å². The van der Waals surface area contributed by atoms with Crippen LogP contribution in [-0.2, 0) is 27.3 Å². The molecule has 13 nitrogen and oxygen atoms in total. The van der Waals surface area contributed by atoms with Crippen molar-refractivity contribution in [3.05, 3.63) is 80.7 Å². The highest BCUT2D eigenvalue weighted by atomic mass is 35.5. The molecule has 0 spiro atoms. The number of halogens is 2. The molecule has 2 amide bonds. The smallest absolute Gasteiger partial charge is 0.260 e. The number of benzene rings is 2. The molecule has 1 fully saturated rings. The lowest BCUT2D eigenvalue weighted by atomic mass is 10.0. The maximum atomic E-state index is 14.4. The fraction of sp³-hybridized carbons (Fsp3) is 0.361. The molecular formula is C36H41Cl2N7O6. The molecule has 51 heavy (non-hydrogen) atoms. The van der Waals surface area contributed by atoms with Crippen LogP contribution in [0.1, 0.15) is 18.9 Å². The number of nitrogens with one attached hydrogen (secondary N) is 3. The summed E-state index contributed by atoms with van der Waals surface area (Å²) in [6, 6.07) is 10.2. The number of methoxy groups -OCH3 is 2. The number of anilines is 2. The Morgan fingerprint density at radius 1 is 1.08 bits per heavy atom. The van der Waals surface area contributed by atoms with E-state index in [0.29, 0.717) is 60.8 Å². The highest BCUT2D eigenvalue weighted by molar-refractivity contribution is 6.41. The van der Waals surface area contributed by atoms with Crippen LogP contribution < -0.4 is 31.0 Å². The Hall–Kier alpha value is -4.69. The average Bonchev–Trinajstić information content (AvgIpc) is 3.09. The zero-order valence-electron chi connectivity index (χ0n) is 29.1. The third kappa shape index (κ3) is 9.16. The Labute approximate surface area is 305 Å². The number of fused-ring (bicyclic) bond motifs is 1. The number of ether oxygens (including phenoxy) is 3. The van der Waals surface area contributed by atoms with E-state index in [1.165, 1.54) is 27.2 Å². The second-order valence-electron chi connectivity index (χ2n) is 12.3. The van der Waals surface area contributed by atoms with Gasteiger partial charge in [-0.3, -0.25) is 19.0 Å². The lowest BCUT2D eigenvalue weighted by Gasteiger charge is -2.32. The van der Waals surface area contributed by atoms with Gasteiger partial charge in [-0.15, -0.1) is 0 Å². The number of carbonyl (C=O) groups is 2. The number of aromatic nitrogens is 3. The zero-order valence-corrected chi connectivity index (χ0v) is 30.6. The number of rotatable bonds is 13. The molecule has 5 rings (SSSR count). The monoisotopic (exact) mass is 737 g/mol. The van der Waals surface area contributed by atoms with Crippen LogP contribution in [0, 0.1) is 0 Å². The first-order valence-corrected chi connectivity index (χ1v) is 17.1. The Bertz CT molecular complexity index is 1960. The van der Waals surface area contributed by atoms with Gasteiger partial charge >= 0.3 is 0 Å². The van der Waals surface area contributed by atoms with Crippen molar-refractivity contribution in [3.63, 3.8) is 0 Å². The van der Waals surface area contributed by atoms with Crippen molar-refractivity contribution in [1.29, 1.82) is 0 Å². The van der Waals surface area contributed by atoms with Gasteiger partial charge < -0.3 is 35.1 Å². The summed E-state index contributed by atoms with van der Waals surface area (Å²) >= 11 is 13.5. The second-order valence-corrected chi connectivity index (χ2v) is 13.0. The summed E-state index contributed by atoms with van der Waals surface area (Å²) in [5.74, 6) is 0.483. The van der Waals surface area contributed by atoms with E-state index in [0.717, 1.165) is 5.56 Å². The van der Waals surface area contributed by atoms with Crippen LogP contribution in [0.25, 0.3) is 22.2 Å². The summed E-state index contributed by atoms with van der Waals surface area (Å²) in [5.41, 5.74) is 2.03. The Morgan fingerprint density at radius 3 is 2.43 bits per heavy atom. The Kier molecular flexibility index (Phi) is 12.5. The van der Waals surface area contributed by atoms with Gasteiger partial charge in [0.15, 0.2) is 0 Å². The molecule has 270 valence electrons. The van der Waals surface area contributed by atoms with E-state index in [-0.39, 0.29) is 57.6 Å². The molecule has 0 unspecified atom stereocenters. The average molecular weight is 739 g/mol. The van der Waals surface area contributed by atoms with Crippen molar-refractivity contribution in [1.82, 2.24) is 24.8 Å². The minimum Gasteiger partial charge on any atom is -0.495 e. The maximum Gasteiger partial charge on any atom is 0.260 e. The molecule has 15 heteroatoms. The molecule has 0 saturated carbocycles. The summed E-state index contributed by atoms with van der Waals surface area (Å²) in [4.78, 5) is 49.9. The quantitative estimate of drug-likeness (QED) is 0.164. The van der Waals surface area contributed by atoms with Gasteiger partial charge in [-0.05, 0) is 50.7 Å². The van der Waals surface area contributed by atoms with Gasteiger partial charge in [-0.1, -0.05) is 41.4 Å². The molecule has 0 radical (unpaired) electrons. The predicted molar refractivity (Wildman–Crippen MR) is 199 cm³/mol. The van der Waals surface area contributed by atoms with Crippen molar-refractivity contribution in [2.75, 3.05) is 58.7 Å². The molecule has 2 aromatic heterocycles. The van der Waals surface area contributed by atoms with Crippen molar-refractivity contribution >= 4 is 57.7 Å². The van der Waals surface area contributed by atoms with Crippen molar-refractivity contribution < 1.29 is 23.8 Å². The normalized spacial score (nSPS) is 16.0. The van der Waals surface area contributed by atoms with Crippen LogP contribution in [0.3, 0.4) is 0 Å². The molecule has 1 aliphatic heterocycles. The zero-order chi connectivity index (χ0) is 36.7. The topological polar surface area (TPSA) is 149 Å². The van der Waals surface area contributed by atoms with E-state index < -0.39 is 5.56 Å². The van der Waals surface area contributed by atoms with Gasteiger partial charge in [-0.25, -0.2) is 4.98 Å². The molecule has 2 aromatic carbocycles. The summed E-state index contributed by atoms with van der Waals surface area (Å²) < 4.78 is 18.2. The molecule has 1 saturated heterocycles. The third-order valence-electron chi connectivity index (χ3n) is 8.31. The van der Waals surface area contributed by atoms with Crippen molar-refractivity contribution in [2.45, 2.75) is 38.4 Å². The van der Waals surface area contributed by atoms with E-state index in [1.807, 2.05) is 43.3 Å². The maximum absolute atomic E-state index is 14.4. The molecule has 3 N–H and O–H groups in total. The molecule has 0 aliphatic carbocycles. The number of amides is 2. The minimum absolute atomic E-state index is 0.145. The number of pyridine rings is 1. The van der Waals surface area contributed by atoms with E-state index >= 15 is 0 Å². The predicted octanol–water partition coefficient (Wildman–Crippen LogP) is 4.79. The number of likely N-dealkylation sites (N-methyl/N-ethyl adjacent to an activating group) is 1. The highest BCUT2D eigenvalue weighted by Crippen LogP contribution is 2.45. The number of hydrogen-bond acceptors (Lipinski definition) is 10. The van der Waals surface area contributed by atoms with E-state index in [9.17, 15) is 14.4 Å². The molecule has 1 aliphatic rings. The number of hydrogen-bond donors (Lipinski definition) is 3. The van der Waals surface area contributed by atoms with Crippen molar-refractivity contribution in [2.24, 2.45) is 0 Å². The summed E-state index contributed by atoms with van der Waals surface area (Å²) in [6.45, 7) is 3.22. The highest BCUT2D eigenvalue weighted by Gasteiger charge is 2.28. The molecule has 2 atom stereocenters. The lowest BCUT2D eigenvalue weighted by Crippen LogP contribution is -2.51. The molecule has 0 bridgehead atoms. The fourth-order valence-electron chi connectivity index (χ4n) is 5.77. The van der Waals surface area contributed by atoms with Gasteiger partial charge in [0.1, 0.15) is 17.1 Å².